The first-order valence-corrected chi connectivity index (χ1v) is 9.05. The zero-order valence-corrected chi connectivity index (χ0v) is 15.4. The highest BCUT2D eigenvalue weighted by Crippen LogP contribution is 2.24. The fourth-order valence-electron chi connectivity index (χ4n) is 2.51. The molecule has 0 bridgehead atoms. The molecule has 1 heterocycles. The van der Waals surface area contributed by atoms with E-state index in [-0.39, 0.29) is 18.4 Å². The highest BCUT2D eigenvalue weighted by molar-refractivity contribution is 7.18. The molecule has 3 aromatic rings. The van der Waals surface area contributed by atoms with Crippen molar-refractivity contribution >= 4 is 39.1 Å². The lowest BCUT2D eigenvalue weighted by atomic mass is 10.2. The van der Waals surface area contributed by atoms with Gasteiger partial charge in [-0.25, -0.2) is 4.98 Å². The molecule has 7 heteroatoms. The van der Waals surface area contributed by atoms with E-state index in [0.717, 1.165) is 15.2 Å². The average molecular weight is 369 g/mol. The number of benzene rings is 2. The second kappa shape index (κ2) is 7.97. The van der Waals surface area contributed by atoms with Gasteiger partial charge in [-0.2, -0.15) is 0 Å². The molecule has 0 unspecified atom stereocenters. The van der Waals surface area contributed by atoms with E-state index in [4.69, 9.17) is 4.74 Å². The molecule has 0 atom stereocenters. The first-order valence-electron chi connectivity index (χ1n) is 8.24. The minimum Gasteiger partial charge on any atom is -0.493 e. The summed E-state index contributed by atoms with van der Waals surface area (Å²) in [5, 5.41) is 6.38. The van der Waals surface area contributed by atoms with Gasteiger partial charge in [0.25, 0.3) is 5.91 Å². The van der Waals surface area contributed by atoms with E-state index in [1.54, 1.807) is 41.7 Å². The van der Waals surface area contributed by atoms with E-state index in [1.165, 1.54) is 0 Å². The monoisotopic (exact) mass is 369 g/mol. The van der Waals surface area contributed by atoms with Crippen LogP contribution in [0.2, 0.25) is 0 Å². The maximum absolute atomic E-state index is 12.3. The fraction of sp³-hybridized carbons (Fsp3) is 0.211. The van der Waals surface area contributed by atoms with Crippen molar-refractivity contribution in [1.29, 1.82) is 0 Å². The van der Waals surface area contributed by atoms with Crippen molar-refractivity contribution in [3.05, 3.63) is 53.0 Å². The van der Waals surface area contributed by atoms with Crippen molar-refractivity contribution in [3.8, 4) is 5.75 Å². The smallest absolute Gasteiger partial charge is 0.255 e. The summed E-state index contributed by atoms with van der Waals surface area (Å²) in [6.07, 6.45) is 0. The van der Waals surface area contributed by atoms with Crippen molar-refractivity contribution in [1.82, 2.24) is 10.3 Å². The van der Waals surface area contributed by atoms with Crippen molar-refractivity contribution < 1.29 is 14.3 Å². The number of fused-ring (bicyclic) bond motifs is 1. The molecule has 6 nitrogen and oxygen atoms in total. The van der Waals surface area contributed by atoms with Crippen LogP contribution in [0, 0.1) is 6.92 Å². The molecule has 134 valence electrons. The number of hydrogen-bond donors (Lipinski definition) is 2. The summed E-state index contributed by atoms with van der Waals surface area (Å²) in [4.78, 5) is 28.8. The van der Waals surface area contributed by atoms with Gasteiger partial charge in [0.2, 0.25) is 5.91 Å². The molecule has 0 fully saturated rings. The van der Waals surface area contributed by atoms with Gasteiger partial charge in [-0.15, -0.1) is 11.3 Å². The van der Waals surface area contributed by atoms with Gasteiger partial charge in [0.15, 0.2) is 0 Å². The number of nitrogens with zero attached hydrogens (tertiary/aromatic N) is 1. The number of ether oxygens (including phenoxy) is 1. The van der Waals surface area contributed by atoms with Gasteiger partial charge >= 0.3 is 0 Å². The summed E-state index contributed by atoms with van der Waals surface area (Å²) in [7, 11) is 0. The van der Waals surface area contributed by atoms with E-state index in [1.807, 2.05) is 26.0 Å². The standard InChI is InChI=1S/C19H19N3O3S/c1-3-25-16-7-5-4-6-14(16)19(24)20-11-18(23)22-13-8-9-15-17(10-13)26-12(2)21-15/h4-10H,3,11H2,1-2H3,(H,20,24)(H,22,23). The molecular formula is C19H19N3O3S. The minimum atomic E-state index is -0.349. The number of anilines is 1. The quantitative estimate of drug-likeness (QED) is 0.698. The molecule has 26 heavy (non-hydrogen) atoms. The number of nitrogens with one attached hydrogen (secondary N) is 2. The van der Waals surface area contributed by atoms with Crippen LogP contribution in [0.15, 0.2) is 42.5 Å². The third-order valence-electron chi connectivity index (χ3n) is 3.62. The zero-order chi connectivity index (χ0) is 18.5. The van der Waals surface area contributed by atoms with Crippen molar-refractivity contribution in [3.63, 3.8) is 0 Å². The Morgan fingerprint density at radius 3 is 2.81 bits per heavy atom. The molecule has 0 radical (unpaired) electrons. The predicted octanol–water partition coefficient (Wildman–Crippen LogP) is 3.37. The van der Waals surface area contributed by atoms with Crippen molar-refractivity contribution in [2.45, 2.75) is 13.8 Å². The van der Waals surface area contributed by atoms with Crippen LogP contribution in [0.25, 0.3) is 10.2 Å². The number of para-hydroxylation sites is 1. The summed E-state index contributed by atoms with van der Waals surface area (Å²) in [5.41, 5.74) is 1.99. The van der Waals surface area contributed by atoms with E-state index in [2.05, 4.69) is 15.6 Å². The zero-order valence-electron chi connectivity index (χ0n) is 14.5. The molecule has 0 aliphatic rings. The van der Waals surface area contributed by atoms with E-state index in [9.17, 15) is 9.59 Å². The number of aryl methyl sites for hydroxylation is 1. The number of thiazole rings is 1. The summed E-state index contributed by atoms with van der Waals surface area (Å²) < 4.78 is 6.45. The average Bonchev–Trinajstić information content (AvgIpc) is 3.00. The first kappa shape index (κ1) is 17.9. The molecule has 2 amide bonds. The van der Waals surface area contributed by atoms with Crippen LogP contribution < -0.4 is 15.4 Å². The maximum atomic E-state index is 12.3. The Hall–Kier alpha value is -2.93. The Labute approximate surface area is 155 Å². The van der Waals surface area contributed by atoms with Gasteiger partial charge < -0.3 is 15.4 Å². The van der Waals surface area contributed by atoms with Crippen LogP contribution in [0.1, 0.15) is 22.3 Å². The highest BCUT2D eigenvalue weighted by atomic mass is 32.1. The Morgan fingerprint density at radius 1 is 1.19 bits per heavy atom. The molecule has 2 aromatic carbocycles. The van der Waals surface area contributed by atoms with Gasteiger partial charge in [0, 0.05) is 5.69 Å². The van der Waals surface area contributed by atoms with Crippen molar-refractivity contribution in [2.75, 3.05) is 18.5 Å². The van der Waals surface area contributed by atoms with Crippen LogP contribution in [0.3, 0.4) is 0 Å². The lowest BCUT2D eigenvalue weighted by molar-refractivity contribution is -0.115. The van der Waals surface area contributed by atoms with Crippen LogP contribution in [-0.2, 0) is 4.79 Å². The molecule has 0 aliphatic heterocycles. The largest absolute Gasteiger partial charge is 0.493 e. The van der Waals surface area contributed by atoms with Gasteiger partial charge in [-0.05, 0) is 44.2 Å². The van der Waals surface area contributed by atoms with Gasteiger partial charge in [0.1, 0.15) is 5.75 Å². The third kappa shape index (κ3) is 4.18. The molecule has 2 N–H and O–H groups in total. The fourth-order valence-corrected chi connectivity index (χ4v) is 3.38. The highest BCUT2D eigenvalue weighted by Gasteiger charge is 2.13. The number of hydrogen-bond acceptors (Lipinski definition) is 5. The molecule has 0 saturated heterocycles. The number of carbonyl (C=O) groups excluding carboxylic acids is 2. The lowest BCUT2D eigenvalue weighted by Gasteiger charge is -2.10. The predicted molar refractivity (Wildman–Crippen MR) is 103 cm³/mol. The number of aromatic nitrogens is 1. The summed E-state index contributed by atoms with van der Waals surface area (Å²) >= 11 is 1.57. The second-order valence-corrected chi connectivity index (χ2v) is 6.81. The number of rotatable bonds is 6. The molecule has 0 spiro atoms. The lowest BCUT2D eigenvalue weighted by Crippen LogP contribution is -2.33. The molecule has 0 saturated carbocycles. The maximum Gasteiger partial charge on any atom is 0.255 e. The number of carbonyl (C=O) groups is 2. The van der Waals surface area contributed by atoms with Gasteiger partial charge in [0.05, 0.1) is 33.9 Å². The molecule has 1 aromatic heterocycles. The Kier molecular flexibility index (Phi) is 5.48. The Bertz CT molecular complexity index is 952. The van der Waals surface area contributed by atoms with Crippen LogP contribution in [0.4, 0.5) is 5.69 Å². The SMILES string of the molecule is CCOc1ccccc1C(=O)NCC(=O)Nc1ccc2nc(C)sc2c1. The van der Waals surface area contributed by atoms with E-state index in [0.29, 0.717) is 23.6 Å². The molecule has 0 aliphatic carbocycles. The summed E-state index contributed by atoms with van der Waals surface area (Å²) in [6.45, 7) is 4.13. The summed E-state index contributed by atoms with van der Waals surface area (Å²) in [5.74, 6) is -0.149. The number of amides is 2. The minimum absolute atomic E-state index is 0.126. The van der Waals surface area contributed by atoms with E-state index >= 15 is 0 Å². The Balaban J connectivity index is 1.60. The third-order valence-corrected chi connectivity index (χ3v) is 4.55. The van der Waals surface area contributed by atoms with Crippen LogP contribution in [0.5, 0.6) is 5.75 Å². The van der Waals surface area contributed by atoms with Gasteiger partial charge in [-0.3, -0.25) is 9.59 Å². The first-order chi connectivity index (χ1) is 12.6. The summed E-state index contributed by atoms with van der Waals surface area (Å²) in [6, 6.07) is 12.5. The van der Waals surface area contributed by atoms with Crippen LogP contribution in [-0.4, -0.2) is 29.9 Å². The molecular weight excluding hydrogens is 350 g/mol. The Morgan fingerprint density at radius 2 is 2.00 bits per heavy atom. The van der Waals surface area contributed by atoms with E-state index < -0.39 is 0 Å². The molecule has 3 rings (SSSR count). The van der Waals surface area contributed by atoms with Crippen LogP contribution >= 0.6 is 11.3 Å². The second-order valence-electron chi connectivity index (χ2n) is 5.58. The topological polar surface area (TPSA) is 80.3 Å². The van der Waals surface area contributed by atoms with Crippen molar-refractivity contribution in [2.24, 2.45) is 0 Å². The normalized spacial score (nSPS) is 10.5. The van der Waals surface area contributed by atoms with Gasteiger partial charge in [-0.1, -0.05) is 12.1 Å².